The maximum atomic E-state index is 12.7. The second-order valence-electron chi connectivity index (χ2n) is 6.79. The Bertz CT molecular complexity index is 1170. The standard InChI is InChI=1S/C20H21N3O4S/c1-2-18-16(15-5-3-4-6-19(15)27-18)12-20(24)22-14-8-7-13-9-10-23(17(13)11-14)28(21,25)26/h3-8,11H,2,9-10,12H2,1H3,(H,22,24)(H2,21,25,26). The fraction of sp³-hybridized carbons (Fsp3) is 0.250. The fourth-order valence-corrected chi connectivity index (χ4v) is 4.48. The van der Waals surface area contributed by atoms with Gasteiger partial charge in [0.15, 0.2) is 0 Å². The number of para-hydroxylation sites is 1. The number of hydrogen-bond donors (Lipinski definition) is 2. The third kappa shape index (κ3) is 3.36. The van der Waals surface area contributed by atoms with E-state index in [1.807, 2.05) is 37.3 Å². The molecule has 0 radical (unpaired) electrons. The Morgan fingerprint density at radius 1 is 1.25 bits per heavy atom. The number of nitrogens with two attached hydrogens (primary N) is 1. The molecule has 1 aliphatic heterocycles. The zero-order valence-electron chi connectivity index (χ0n) is 15.4. The molecule has 0 spiro atoms. The molecule has 4 rings (SSSR count). The van der Waals surface area contributed by atoms with Gasteiger partial charge in [-0.2, -0.15) is 8.42 Å². The monoisotopic (exact) mass is 399 g/mol. The van der Waals surface area contributed by atoms with Crippen LogP contribution >= 0.6 is 0 Å². The maximum Gasteiger partial charge on any atom is 0.299 e. The van der Waals surface area contributed by atoms with E-state index in [4.69, 9.17) is 9.56 Å². The molecule has 2 aromatic carbocycles. The Labute approximate surface area is 163 Å². The second kappa shape index (κ2) is 6.96. The number of carbonyl (C=O) groups is 1. The molecule has 0 bridgehead atoms. The predicted molar refractivity (Wildman–Crippen MR) is 109 cm³/mol. The number of benzene rings is 2. The van der Waals surface area contributed by atoms with E-state index in [-0.39, 0.29) is 12.3 Å². The number of carbonyl (C=O) groups excluding carboxylic acids is 1. The molecule has 3 N–H and O–H groups in total. The average Bonchev–Trinajstić information content (AvgIpc) is 3.23. The van der Waals surface area contributed by atoms with Crippen LogP contribution in [0.4, 0.5) is 11.4 Å². The average molecular weight is 399 g/mol. The summed E-state index contributed by atoms with van der Waals surface area (Å²) < 4.78 is 30.5. The smallest absolute Gasteiger partial charge is 0.299 e. The van der Waals surface area contributed by atoms with Gasteiger partial charge in [-0.1, -0.05) is 31.2 Å². The number of rotatable bonds is 5. The molecule has 0 atom stereocenters. The van der Waals surface area contributed by atoms with Crippen LogP contribution in [0.5, 0.6) is 0 Å². The molecule has 146 valence electrons. The van der Waals surface area contributed by atoms with Gasteiger partial charge >= 0.3 is 0 Å². The number of aryl methyl sites for hydroxylation is 1. The van der Waals surface area contributed by atoms with E-state index in [0.717, 1.165) is 32.2 Å². The van der Waals surface area contributed by atoms with Crippen molar-refractivity contribution in [3.63, 3.8) is 0 Å². The zero-order valence-corrected chi connectivity index (χ0v) is 16.3. The topological polar surface area (TPSA) is 106 Å². The van der Waals surface area contributed by atoms with Gasteiger partial charge in [-0.25, -0.2) is 5.14 Å². The zero-order chi connectivity index (χ0) is 19.9. The van der Waals surface area contributed by atoms with E-state index < -0.39 is 10.2 Å². The van der Waals surface area contributed by atoms with Crippen molar-refractivity contribution in [2.75, 3.05) is 16.2 Å². The summed E-state index contributed by atoms with van der Waals surface area (Å²) in [6.45, 7) is 2.30. The Balaban J connectivity index is 1.57. The molecule has 0 unspecified atom stereocenters. The van der Waals surface area contributed by atoms with E-state index in [9.17, 15) is 13.2 Å². The van der Waals surface area contributed by atoms with Crippen LogP contribution in [0.3, 0.4) is 0 Å². The SMILES string of the molecule is CCc1oc2ccccc2c1CC(=O)Nc1ccc2c(c1)N(S(N)(=O)=O)CC2. The van der Waals surface area contributed by atoms with Crippen molar-refractivity contribution < 1.29 is 17.6 Å². The molecule has 7 nitrogen and oxygen atoms in total. The van der Waals surface area contributed by atoms with Gasteiger partial charge in [0.1, 0.15) is 11.3 Å². The highest BCUT2D eigenvalue weighted by Gasteiger charge is 2.27. The van der Waals surface area contributed by atoms with Gasteiger partial charge in [0.25, 0.3) is 10.2 Å². The summed E-state index contributed by atoms with van der Waals surface area (Å²) in [6.07, 6.45) is 1.47. The number of amides is 1. The van der Waals surface area contributed by atoms with Crippen LogP contribution in [0.1, 0.15) is 23.8 Å². The lowest BCUT2D eigenvalue weighted by atomic mass is 10.1. The molecule has 28 heavy (non-hydrogen) atoms. The quantitative estimate of drug-likeness (QED) is 0.688. The van der Waals surface area contributed by atoms with Crippen molar-refractivity contribution in [3.05, 3.63) is 59.4 Å². The van der Waals surface area contributed by atoms with Crippen molar-refractivity contribution in [1.29, 1.82) is 0 Å². The van der Waals surface area contributed by atoms with E-state index >= 15 is 0 Å². The number of nitrogens with one attached hydrogen (secondary N) is 1. The summed E-state index contributed by atoms with van der Waals surface area (Å²) in [7, 11) is -3.83. The van der Waals surface area contributed by atoms with Crippen LogP contribution in [0, 0.1) is 0 Å². The van der Waals surface area contributed by atoms with Crippen molar-refractivity contribution in [1.82, 2.24) is 0 Å². The lowest BCUT2D eigenvalue weighted by Gasteiger charge is -2.16. The molecule has 0 saturated heterocycles. The van der Waals surface area contributed by atoms with E-state index in [1.165, 1.54) is 0 Å². The maximum absolute atomic E-state index is 12.7. The predicted octanol–water partition coefficient (Wildman–Crippen LogP) is 2.74. The summed E-state index contributed by atoms with van der Waals surface area (Å²) in [5.41, 5.74) is 3.58. The highest BCUT2D eigenvalue weighted by molar-refractivity contribution is 7.90. The fourth-order valence-electron chi connectivity index (χ4n) is 3.69. The van der Waals surface area contributed by atoms with E-state index in [2.05, 4.69) is 5.32 Å². The minimum Gasteiger partial charge on any atom is -0.461 e. The third-order valence-corrected chi connectivity index (χ3v) is 5.96. The van der Waals surface area contributed by atoms with Crippen LogP contribution in [0.15, 0.2) is 46.9 Å². The molecule has 0 fully saturated rings. The summed E-state index contributed by atoms with van der Waals surface area (Å²) in [5, 5.41) is 9.07. The summed E-state index contributed by atoms with van der Waals surface area (Å²) >= 11 is 0. The number of hydrogen-bond acceptors (Lipinski definition) is 4. The van der Waals surface area contributed by atoms with Crippen LogP contribution in [0.2, 0.25) is 0 Å². The molecule has 1 aliphatic rings. The van der Waals surface area contributed by atoms with E-state index in [0.29, 0.717) is 30.8 Å². The minimum absolute atomic E-state index is 0.177. The van der Waals surface area contributed by atoms with E-state index in [1.54, 1.807) is 12.1 Å². The second-order valence-corrected chi connectivity index (χ2v) is 8.26. The highest BCUT2D eigenvalue weighted by atomic mass is 32.2. The van der Waals surface area contributed by atoms with Gasteiger partial charge in [0.05, 0.1) is 12.1 Å². The Hall–Kier alpha value is -2.84. The largest absolute Gasteiger partial charge is 0.461 e. The Kier molecular flexibility index (Phi) is 4.60. The molecule has 1 amide bonds. The molecule has 2 heterocycles. The summed E-state index contributed by atoms with van der Waals surface area (Å²) in [5.74, 6) is 0.604. The number of nitrogens with zero attached hydrogens (tertiary/aromatic N) is 1. The van der Waals surface area contributed by atoms with Crippen molar-refractivity contribution in [2.24, 2.45) is 5.14 Å². The van der Waals surface area contributed by atoms with Gasteiger partial charge < -0.3 is 9.73 Å². The molecule has 8 heteroatoms. The van der Waals surface area contributed by atoms with Gasteiger partial charge in [-0.05, 0) is 30.2 Å². The van der Waals surface area contributed by atoms with Gasteiger partial charge in [0, 0.05) is 29.6 Å². The van der Waals surface area contributed by atoms with Crippen LogP contribution in [-0.4, -0.2) is 20.9 Å². The molecule has 1 aromatic heterocycles. The van der Waals surface area contributed by atoms with Crippen LogP contribution < -0.4 is 14.8 Å². The Morgan fingerprint density at radius 3 is 2.79 bits per heavy atom. The molecule has 3 aromatic rings. The van der Waals surface area contributed by atoms with Gasteiger partial charge in [-0.3, -0.25) is 9.10 Å². The summed E-state index contributed by atoms with van der Waals surface area (Å²) in [6, 6.07) is 12.9. The molecule has 0 aliphatic carbocycles. The first-order valence-corrected chi connectivity index (χ1v) is 10.6. The number of fused-ring (bicyclic) bond motifs is 2. The lowest BCUT2D eigenvalue weighted by Crippen LogP contribution is -2.35. The van der Waals surface area contributed by atoms with Gasteiger partial charge in [-0.15, -0.1) is 0 Å². The van der Waals surface area contributed by atoms with Crippen molar-refractivity contribution >= 4 is 38.5 Å². The number of furan rings is 1. The molecule has 0 saturated carbocycles. The molecular formula is C20H21N3O4S. The van der Waals surface area contributed by atoms with Crippen molar-refractivity contribution in [2.45, 2.75) is 26.2 Å². The minimum atomic E-state index is -3.83. The first-order valence-electron chi connectivity index (χ1n) is 9.09. The third-order valence-electron chi connectivity index (χ3n) is 4.97. The lowest BCUT2D eigenvalue weighted by molar-refractivity contribution is -0.115. The van der Waals surface area contributed by atoms with Crippen LogP contribution in [0.25, 0.3) is 11.0 Å². The van der Waals surface area contributed by atoms with Crippen LogP contribution in [-0.2, 0) is 34.3 Å². The first kappa shape index (κ1) is 18.5. The Morgan fingerprint density at radius 2 is 2.04 bits per heavy atom. The molecular weight excluding hydrogens is 378 g/mol. The number of anilines is 2. The normalized spacial score (nSPS) is 13.7. The first-order chi connectivity index (χ1) is 13.4. The summed E-state index contributed by atoms with van der Waals surface area (Å²) in [4.78, 5) is 12.7. The van der Waals surface area contributed by atoms with Crippen molar-refractivity contribution in [3.8, 4) is 0 Å². The highest BCUT2D eigenvalue weighted by Crippen LogP contribution is 2.32. The van der Waals surface area contributed by atoms with Gasteiger partial charge in [0.2, 0.25) is 5.91 Å².